The van der Waals surface area contributed by atoms with Gasteiger partial charge in [0.15, 0.2) is 0 Å². The molecule has 1 heterocycles. The molecule has 0 aliphatic carbocycles. The lowest BCUT2D eigenvalue weighted by Gasteiger charge is -2.36. The first-order valence-electron chi connectivity index (χ1n) is 7.09. The molecule has 2 atom stereocenters. The van der Waals surface area contributed by atoms with Crippen molar-refractivity contribution in [3.8, 4) is 0 Å². The summed E-state index contributed by atoms with van der Waals surface area (Å²) in [5.74, 6) is -0.124. The summed E-state index contributed by atoms with van der Waals surface area (Å²) in [6.07, 6.45) is 1.49. The maximum atomic E-state index is 12.1. The van der Waals surface area contributed by atoms with Crippen molar-refractivity contribution in [1.29, 1.82) is 0 Å². The van der Waals surface area contributed by atoms with Gasteiger partial charge < -0.3 is 10.6 Å². The van der Waals surface area contributed by atoms with Crippen LogP contribution >= 0.6 is 0 Å². The summed E-state index contributed by atoms with van der Waals surface area (Å²) in [5.41, 5.74) is 8.70. The highest BCUT2D eigenvalue weighted by atomic mass is 16.7. The predicted molar refractivity (Wildman–Crippen MR) is 77.8 cm³/mol. The fourth-order valence-corrected chi connectivity index (χ4v) is 2.49. The Hall–Kier alpha value is -2.08. The van der Waals surface area contributed by atoms with Crippen LogP contribution in [0.25, 0.3) is 0 Å². The standard InChI is InChI=1S/C15H21N3O3/c1-11-7-8-13(14(16)19)18(9-11)15(20)17-21-10-12-5-3-2-4-6-12/h2-6,11,13H,7-10H2,1H3,(H2,16,19)(H,17,20)/t11-,13+/m1/s1. The van der Waals surface area contributed by atoms with Crippen LogP contribution in [0.3, 0.4) is 0 Å². The van der Waals surface area contributed by atoms with Gasteiger partial charge in [-0.05, 0) is 24.3 Å². The number of carbonyl (C=O) groups excluding carboxylic acids is 2. The smallest absolute Gasteiger partial charge is 0.342 e. The van der Waals surface area contributed by atoms with E-state index in [0.717, 1.165) is 12.0 Å². The summed E-state index contributed by atoms with van der Waals surface area (Å²) < 4.78 is 0. The number of primary amides is 1. The third kappa shape index (κ3) is 4.19. The SMILES string of the molecule is C[C@@H]1CC[C@@H](C(N)=O)N(C(=O)NOCc2ccccc2)C1. The second kappa shape index (κ2) is 7.08. The molecule has 6 heteroatoms. The van der Waals surface area contributed by atoms with Crippen molar-refractivity contribution >= 4 is 11.9 Å². The number of piperidine rings is 1. The highest BCUT2D eigenvalue weighted by molar-refractivity contribution is 5.85. The van der Waals surface area contributed by atoms with E-state index in [1.54, 1.807) is 0 Å². The van der Waals surface area contributed by atoms with E-state index in [4.69, 9.17) is 10.6 Å². The normalized spacial score (nSPS) is 21.9. The zero-order valence-corrected chi connectivity index (χ0v) is 12.1. The molecule has 3 N–H and O–H groups in total. The Morgan fingerprint density at radius 3 is 2.71 bits per heavy atom. The molecule has 1 aromatic rings. The summed E-state index contributed by atoms with van der Waals surface area (Å²) in [5, 5.41) is 0. The molecule has 0 radical (unpaired) electrons. The molecule has 1 aromatic carbocycles. The van der Waals surface area contributed by atoms with Crippen LogP contribution in [-0.4, -0.2) is 29.4 Å². The molecule has 0 bridgehead atoms. The molecule has 6 nitrogen and oxygen atoms in total. The van der Waals surface area contributed by atoms with Gasteiger partial charge in [0, 0.05) is 6.54 Å². The number of nitrogens with zero attached hydrogens (tertiary/aromatic N) is 1. The number of carbonyl (C=O) groups is 2. The number of amides is 3. The summed E-state index contributed by atoms with van der Waals surface area (Å²) in [4.78, 5) is 30.2. The third-order valence-corrected chi connectivity index (χ3v) is 3.65. The third-order valence-electron chi connectivity index (χ3n) is 3.65. The van der Waals surface area contributed by atoms with Crippen molar-refractivity contribution in [3.05, 3.63) is 35.9 Å². The summed E-state index contributed by atoms with van der Waals surface area (Å²) in [6, 6.07) is 8.55. The lowest BCUT2D eigenvalue weighted by Crippen LogP contribution is -2.55. The first kappa shape index (κ1) is 15.3. The minimum atomic E-state index is -0.554. The maximum Gasteiger partial charge on any atom is 0.342 e. The van der Waals surface area contributed by atoms with Gasteiger partial charge in [0.1, 0.15) is 6.04 Å². The number of likely N-dealkylation sites (tertiary alicyclic amines) is 1. The molecule has 21 heavy (non-hydrogen) atoms. The second-order valence-corrected chi connectivity index (χ2v) is 5.43. The molecule has 3 amide bonds. The fourth-order valence-electron chi connectivity index (χ4n) is 2.49. The fraction of sp³-hybridized carbons (Fsp3) is 0.467. The van der Waals surface area contributed by atoms with E-state index in [1.807, 2.05) is 37.3 Å². The van der Waals surface area contributed by atoms with Gasteiger partial charge in [0.05, 0.1) is 6.61 Å². The zero-order chi connectivity index (χ0) is 15.2. The van der Waals surface area contributed by atoms with Crippen molar-refractivity contribution in [2.45, 2.75) is 32.4 Å². The van der Waals surface area contributed by atoms with E-state index in [2.05, 4.69) is 5.48 Å². The highest BCUT2D eigenvalue weighted by Crippen LogP contribution is 2.21. The van der Waals surface area contributed by atoms with Crippen molar-refractivity contribution in [2.24, 2.45) is 11.7 Å². The lowest BCUT2D eigenvalue weighted by molar-refractivity contribution is -0.124. The van der Waals surface area contributed by atoms with Gasteiger partial charge >= 0.3 is 6.03 Å². The Bertz CT molecular complexity index is 492. The molecule has 1 saturated heterocycles. The van der Waals surface area contributed by atoms with E-state index in [1.165, 1.54) is 4.90 Å². The van der Waals surface area contributed by atoms with Crippen LogP contribution < -0.4 is 11.2 Å². The van der Waals surface area contributed by atoms with Crippen LogP contribution in [0.2, 0.25) is 0 Å². The largest absolute Gasteiger partial charge is 0.368 e. The number of hydrogen-bond acceptors (Lipinski definition) is 3. The maximum absolute atomic E-state index is 12.1. The Balaban J connectivity index is 1.87. The molecule has 0 spiro atoms. The molecule has 1 aliphatic heterocycles. The van der Waals surface area contributed by atoms with Crippen LogP contribution in [0.5, 0.6) is 0 Å². The van der Waals surface area contributed by atoms with Crippen LogP contribution in [0, 0.1) is 5.92 Å². The minimum Gasteiger partial charge on any atom is -0.368 e. The van der Waals surface area contributed by atoms with Crippen LogP contribution in [-0.2, 0) is 16.2 Å². The van der Waals surface area contributed by atoms with E-state index in [-0.39, 0.29) is 6.61 Å². The molecule has 0 saturated carbocycles. The van der Waals surface area contributed by atoms with Crippen LogP contribution in [0.15, 0.2) is 30.3 Å². The van der Waals surface area contributed by atoms with Crippen molar-refractivity contribution < 1.29 is 14.4 Å². The van der Waals surface area contributed by atoms with E-state index < -0.39 is 18.0 Å². The summed E-state index contributed by atoms with van der Waals surface area (Å²) in [7, 11) is 0. The van der Waals surface area contributed by atoms with E-state index >= 15 is 0 Å². The molecule has 1 fully saturated rings. The van der Waals surface area contributed by atoms with Gasteiger partial charge in [0.2, 0.25) is 5.91 Å². The highest BCUT2D eigenvalue weighted by Gasteiger charge is 2.33. The van der Waals surface area contributed by atoms with Crippen molar-refractivity contribution in [1.82, 2.24) is 10.4 Å². The van der Waals surface area contributed by atoms with E-state index in [0.29, 0.717) is 18.9 Å². The molecule has 2 rings (SSSR count). The van der Waals surface area contributed by atoms with Gasteiger partial charge in [-0.25, -0.2) is 10.3 Å². The van der Waals surface area contributed by atoms with E-state index in [9.17, 15) is 9.59 Å². The Kier molecular flexibility index (Phi) is 5.16. The second-order valence-electron chi connectivity index (χ2n) is 5.43. The van der Waals surface area contributed by atoms with Crippen molar-refractivity contribution in [3.63, 3.8) is 0 Å². The van der Waals surface area contributed by atoms with Crippen molar-refractivity contribution in [2.75, 3.05) is 6.54 Å². The average molecular weight is 291 g/mol. The number of nitrogens with one attached hydrogen (secondary N) is 1. The number of nitrogens with two attached hydrogens (primary N) is 1. The number of benzene rings is 1. The monoisotopic (exact) mass is 291 g/mol. The summed E-state index contributed by atoms with van der Waals surface area (Å²) in [6.45, 7) is 2.83. The molecular weight excluding hydrogens is 270 g/mol. The Morgan fingerprint density at radius 1 is 1.33 bits per heavy atom. The first-order valence-corrected chi connectivity index (χ1v) is 7.09. The minimum absolute atomic E-state index is 0.275. The zero-order valence-electron chi connectivity index (χ0n) is 12.1. The molecule has 114 valence electrons. The van der Waals surface area contributed by atoms with Gasteiger partial charge in [0.25, 0.3) is 0 Å². The molecule has 0 unspecified atom stereocenters. The number of urea groups is 1. The number of hydrogen-bond donors (Lipinski definition) is 2. The topological polar surface area (TPSA) is 84.7 Å². The van der Waals surface area contributed by atoms with Gasteiger partial charge in [-0.15, -0.1) is 0 Å². The number of hydroxylamine groups is 1. The first-order chi connectivity index (χ1) is 10.1. The Labute approximate surface area is 124 Å². The predicted octanol–water partition coefficient (Wildman–Crippen LogP) is 1.41. The van der Waals surface area contributed by atoms with Crippen LogP contribution in [0.1, 0.15) is 25.3 Å². The number of rotatable bonds is 4. The lowest BCUT2D eigenvalue weighted by atomic mass is 9.94. The molecule has 1 aliphatic rings. The van der Waals surface area contributed by atoms with Gasteiger partial charge in [-0.3, -0.25) is 9.63 Å². The molecule has 0 aromatic heterocycles. The van der Waals surface area contributed by atoms with Gasteiger partial charge in [-0.1, -0.05) is 37.3 Å². The quantitative estimate of drug-likeness (QED) is 0.823. The molecular formula is C15H21N3O3. The van der Waals surface area contributed by atoms with Crippen LogP contribution in [0.4, 0.5) is 4.79 Å². The average Bonchev–Trinajstić information content (AvgIpc) is 2.47. The summed E-state index contributed by atoms with van der Waals surface area (Å²) >= 11 is 0. The van der Waals surface area contributed by atoms with Gasteiger partial charge in [-0.2, -0.15) is 0 Å². The Morgan fingerprint density at radius 2 is 2.05 bits per heavy atom.